The molecule has 0 aliphatic heterocycles. The Morgan fingerprint density at radius 1 is 1.26 bits per heavy atom. The zero-order valence-electron chi connectivity index (χ0n) is 14.8. The van der Waals surface area contributed by atoms with Crippen LogP contribution in [0, 0.1) is 10.1 Å². The van der Waals surface area contributed by atoms with E-state index in [1.165, 1.54) is 30.8 Å². The molecule has 9 nitrogen and oxygen atoms in total. The van der Waals surface area contributed by atoms with Crippen molar-refractivity contribution < 1.29 is 4.92 Å². The van der Waals surface area contributed by atoms with Crippen molar-refractivity contribution in [2.24, 2.45) is 14.1 Å². The number of benzene rings is 1. The highest BCUT2D eigenvalue weighted by molar-refractivity contribution is 6.32. The summed E-state index contributed by atoms with van der Waals surface area (Å²) in [6.07, 6.45) is 2.14. The van der Waals surface area contributed by atoms with Crippen LogP contribution < -0.4 is 16.6 Å². The maximum atomic E-state index is 12.8. The number of aryl methyl sites for hydroxylation is 2. The summed E-state index contributed by atoms with van der Waals surface area (Å²) < 4.78 is 2.28. The molecule has 2 aromatic heterocycles. The van der Waals surface area contributed by atoms with Gasteiger partial charge in [0.15, 0.2) is 5.65 Å². The molecule has 0 aliphatic rings. The third kappa shape index (κ3) is 3.06. The summed E-state index contributed by atoms with van der Waals surface area (Å²) in [5.41, 5.74) is 0.569. The Morgan fingerprint density at radius 2 is 1.96 bits per heavy atom. The molecule has 140 valence electrons. The number of nitro benzene ring substituents is 1. The van der Waals surface area contributed by atoms with E-state index >= 15 is 0 Å². The maximum absolute atomic E-state index is 12.8. The summed E-state index contributed by atoms with van der Waals surface area (Å²) in [5.74, 6) is 0. The molecule has 0 saturated carbocycles. The molecule has 0 aliphatic carbocycles. The highest BCUT2D eigenvalue weighted by Gasteiger charge is 2.18. The number of hydrogen-bond donors (Lipinski definition) is 1. The first-order valence-corrected chi connectivity index (χ1v) is 8.42. The van der Waals surface area contributed by atoms with Gasteiger partial charge in [-0.25, -0.2) is 9.78 Å². The summed E-state index contributed by atoms with van der Waals surface area (Å²) in [4.78, 5) is 39.7. The van der Waals surface area contributed by atoms with Crippen molar-refractivity contribution in [1.82, 2.24) is 14.1 Å². The molecule has 0 atom stereocenters. The van der Waals surface area contributed by atoms with Gasteiger partial charge in [0.2, 0.25) is 0 Å². The molecule has 2 heterocycles. The fraction of sp³-hybridized carbons (Fsp3) is 0.235. The summed E-state index contributed by atoms with van der Waals surface area (Å²) >= 11 is 5.86. The second-order valence-corrected chi connectivity index (χ2v) is 6.37. The number of anilines is 2. The minimum Gasteiger partial charge on any atom is -0.354 e. The minimum absolute atomic E-state index is 0.0131. The van der Waals surface area contributed by atoms with Crippen LogP contribution in [0.15, 0.2) is 34.0 Å². The molecule has 0 radical (unpaired) electrons. The number of rotatable bonds is 4. The van der Waals surface area contributed by atoms with Crippen LogP contribution >= 0.6 is 11.6 Å². The third-order valence-corrected chi connectivity index (χ3v) is 4.66. The van der Waals surface area contributed by atoms with Crippen LogP contribution in [0.25, 0.3) is 11.0 Å². The number of hydrogen-bond acceptors (Lipinski definition) is 6. The van der Waals surface area contributed by atoms with E-state index in [-0.39, 0.29) is 21.7 Å². The van der Waals surface area contributed by atoms with Crippen molar-refractivity contribution >= 4 is 39.7 Å². The molecule has 0 bridgehead atoms. The summed E-state index contributed by atoms with van der Waals surface area (Å²) in [6, 6.07) is 4.28. The predicted molar refractivity (Wildman–Crippen MR) is 103 cm³/mol. The van der Waals surface area contributed by atoms with Gasteiger partial charge in [0.1, 0.15) is 10.4 Å². The van der Waals surface area contributed by atoms with Crippen LogP contribution in [0.5, 0.6) is 0 Å². The van der Waals surface area contributed by atoms with Crippen molar-refractivity contribution in [3.63, 3.8) is 0 Å². The van der Waals surface area contributed by atoms with Gasteiger partial charge in [-0.1, -0.05) is 18.5 Å². The largest absolute Gasteiger partial charge is 0.354 e. The first kappa shape index (κ1) is 18.6. The Morgan fingerprint density at radius 3 is 2.59 bits per heavy atom. The smallest absolute Gasteiger partial charge is 0.332 e. The van der Waals surface area contributed by atoms with Crippen LogP contribution in [0.2, 0.25) is 5.02 Å². The lowest BCUT2D eigenvalue weighted by Crippen LogP contribution is -2.37. The van der Waals surface area contributed by atoms with Crippen molar-refractivity contribution in [1.29, 1.82) is 0 Å². The summed E-state index contributed by atoms with van der Waals surface area (Å²) in [6.45, 7) is 1.89. The number of halogens is 1. The van der Waals surface area contributed by atoms with E-state index in [0.29, 0.717) is 17.8 Å². The summed E-state index contributed by atoms with van der Waals surface area (Å²) in [5, 5.41) is 14.5. The Bertz CT molecular complexity index is 1200. The number of nitrogens with zero attached hydrogens (tertiary/aromatic N) is 4. The molecular weight excluding hydrogens is 374 g/mol. The van der Waals surface area contributed by atoms with Crippen LogP contribution in [-0.4, -0.2) is 19.0 Å². The number of nitrogens with one attached hydrogen (secondary N) is 1. The third-order valence-electron chi connectivity index (χ3n) is 4.34. The highest BCUT2D eigenvalue weighted by Crippen LogP contribution is 2.31. The quantitative estimate of drug-likeness (QED) is 0.542. The molecule has 0 saturated heterocycles. The monoisotopic (exact) mass is 389 g/mol. The van der Waals surface area contributed by atoms with Gasteiger partial charge in [-0.3, -0.25) is 24.0 Å². The minimum atomic E-state index is -0.582. The Balaban J connectivity index is 2.31. The molecule has 0 fully saturated rings. The van der Waals surface area contributed by atoms with E-state index in [2.05, 4.69) is 10.3 Å². The Hall–Kier alpha value is -3.20. The van der Waals surface area contributed by atoms with Crippen LogP contribution in [0.1, 0.15) is 12.5 Å². The van der Waals surface area contributed by atoms with Crippen LogP contribution in [0.3, 0.4) is 0 Å². The first-order valence-electron chi connectivity index (χ1n) is 8.04. The molecule has 3 aromatic rings. The molecule has 0 spiro atoms. The zero-order chi connectivity index (χ0) is 19.9. The van der Waals surface area contributed by atoms with E-state index in [9.17, 15) is 19.7 Å². The van der Waals surface area contributed by atoms with E-state index < -0.39 is 16.2 Å². The van der Waals surface area contributed by atoms with Gasteiger partial charge < -0.3 is 5.32 Å². The van der Waals surface area contributed by atoms with E-state index in [1.807, 2.05) is 6.92 Å². The van der Waals surface area contributed by atoms with Gasteiger partial charge >= 0.3 is 5.69 Å². The molecule has 3 rings (SSSR count). The number of pyridine rings is 1. The van der Waals surface area contributed by atoms with Gasteiger partial charge in [-0.15, -0.1) is 0 Å². The number of nitro groups is 1. The zero-order valence-corrected chi connectivity index (χ0v) is 15.6. The maximum Gasteiger partial charge on any atom is 0.332 e. The van der Waals surface area contributed by atoms with Crippen molar-refractivity contribution in [2.75, 3.05) is 5.32 Å². The van der Waals surface area contributed by atoms with Gasteiger partial charge in [0.05, 0.1) is 10.6 Å². The van der Waals surface area contributed by atoms with Crippen LogP contribution in [-0.2, 0) is 20.5 Å². The standard InChI is InChI=1S/C17H16ClN5O4/c1-4-9-8-19-15-13(16(24)22(3)17(25)21(15)2)14(9)20-10-5-6-11(18)12(7-10)23(26)27/h5-8H,4H2,1-3H3,(H,19,20). The van der Waals surface area contributed by atoms with Gasteiger partial charge in [-0.2, -0.15) is 0 Å². The number of aromatic nitrogens is 3. The molecule has 0 amide bonds. The lowest BCUT2D eigenvalue weighted by Gasteiger charge is -2.15. The average molecular weight is 390 g/mol. The molecule has 0 unspecified atom stereocenters. The molecule has 1 N–H and O–H groups in total. The normalized spacial score (nSPS) is 11.0. The van der Waals surface area contributed by atoms with Crippen LogP contribution in [0.4, 0.5) is 17.1 Å². The second-order valence-electron chi connectivity index (χ2n) is 5.96. The summed E-state index contributed by atoms with van der Waals surface area (Å²) in [7, 11) is 2.92. The van der Waals surface area contributed by atoms with Gasteiger partial charge in [-0.05, 0) is 24.1 Å². The SMILES string of the molecule is CCc1cnc2c(c1Nc1ccc(Cl)c([N+](=O)[O-])c1)c(=O)n(C)c(=O)n2C. The van der Waals surface area contributed by atoms with Crippen molar-refractivity contribution in [2.45, 2.75) is 13.3 Å². The average Bonchev–Trinajstić information content (AvgIpc) is 2.65. The highest BCUT2D eigenvalue weighted by atomic mass is 35.5. The van der Waals surface area contributed by atoms with Gasteiger partial charge in [0.25, 0.3) is 11.2 Å². The molecular formula is C17H16ClN5O4. The predicted octanol–water partition coefficient (Wildman–Crippen LogP) is 2.50. The fourth-order valence-electron chi connectivity index (χ4n) is 2.85. The lowest BCUT2D eigenvalue weighted by molar-refractivity contribution is -0.384. The van der Waals surface area contributed by atoms with Crippen molar-refractivity contribution in [3.05, 3.63) is 65.9 Å². The molecule has 1 aromatic carbocycles. The van der Waals surface area contributed by atoms with E-state index in [4.69, 9.17) is 11.6 Å². The van der Waals surface area contributed by atoms with Gasteiger partial charge in [0, 0.05) is 32.0 Å². The van der Waals surface area contributed by atoms with E-state index in [1.54, 1.807) is 12.3 Å². The topological polar surface area (TPSA) is 112 Å². The number of fused-ring (bicyclic) bond motifs is 1. The van der Waals surface area contributed by atoms with Crippen molar-refractivity contribution in [3.8, 4) is 0 Å². The molecule has 27 heavy (non-hydrogen) atoms. The second kappa shape index (κ2) is 6.84. The molecule has 10 heteroatoms. The Labute approximate surface area is 158 Å². The lowest BCUT2D eigenvalue weighted by atomic mass is 10.1. The Kier molecular flexibility index (Phi) is 4.71. The van der Waals surface area contributed by atoms with E-state index in [0.717, 1.165) is 10.1 Å². The first-order chi connectivity index (χ1) is 12.8. The fourth-order valence-corrected chi connectivity index (χ4v) is 3.04.